The van der Waals surface area contributed by atoms with E-state index in [9.17, 15) is 0 Å². The van der Waals surface area contributed by atoms with Crippen molar-refractivity contribution in [3.8, 4) is 0 Å². The molecule has 2 N–H and O–H groups in total. The first-order valence-electron chi connectivity index (χ1n) is 9.20. The van der Waals surface area contributed by atoms with Gasteiger partial charge in [-0.2, -0.15) is 0 Å². The number of nitrogens with one attached hydrogen (secondary N) is 2. The first-order chi connectivity index (χ1) is 12.0. The molecular weight excluding hydrogens is 461 g/mol. The van der Waals surface area contributed by atoms with Gasteiger partial charge < -0.3 is 15.4 Å². The van der Waals surface area contributed by atoms with E-state index >= 15 is 0 Å². The van der Waals surface area contributed by atoms with Crippen LogP contribution in [0.15, 0.2) is 4.99 Å². The van der Waals surface area contributed by atoms with Gasteiger partial charge in [-0.3, -0.25) is 9.89 Å². The number of aromatic nitrogens is 1. The Hall–Kier alpha value is -0.450. The molecular formula is C18H34IN5OS. The van der Waals surface area contributed by atoms with Gasteiger partial charge in [-0.15, -0.1) is 35.3 Å². The Morgan fingerprint density at radius 1 is 1.27 bits per heavy atom. The lowest BCUT2D eigenvalue weighted by atomic mass is 10.0. The maximum atomic E-state index is 5.48. The van der Waals surface area contributed by atoms with E-state index in [1.54, 1.807) is 11.3 Å². The van der Waals surface area contributed by atoms with Gasteiger partial charge >= 0.3 is 0 Å². The highest BCUT2D eigenvalue weighted by Crippen LogP contribution is 2.16. The molecule has 0 spiro atoms. The molecule has 1 aliphatic heterocycles. The van der Waals surface area contributed by atoms with Crippen LogP contribution < -0.4 is 10.6 Å². The van der Waals surface area contributed by atoms with Crippen LogP contribution in [0.5, 0.6) is 0 Å². The van der Waals surface area contributed by atoms with Gasteiger partial charge in [0.05, 0.1) is 23.9 Å². The van der Waals surface area contributed by atoms with Gasteiger partial charge in [0.1, 0.15) is 0 Å². The Morgan fingerprint density at radius 3 is 2.50 bits per heavy atom. The predicted octanol–water partition coefficient (Wildman–Crippen LogP) is 2.44. The number of aryl methyl sites for hydroxylation is 2. The number of hydrogen-bond acceptors (Lipinski definition) is 5. The molecule has 0 saturated carbocycles. The van der Waals surface area contributed by atoms with E-state index in [4.69, 9.17) is 4.74 Å². The number of aliphatic imine (C=N–C) groups is 1. The first-order valence-corrected chi connectivity index (χ1v) is 10.0. The van der Waals surface area contributed by atoms with Crippen molar-refractivity contribution >= 4 is 41.3 Å². The second kappa shape index (κ2) is 12.1. The van der Waals surface area contributed by atoms with Gasteiger partial charge in [0.25, 0.3) is 0 Å². The molecule has 26 heavy (non-hydrogen) atoms. The molecule has 0 bridgehead atoms. The summed E-state index contributed by atoms with van der Waals surface area (Å²) in [6.45, 7) is 14.2. The first kappa shape index (κ1) is 23.6. The van der Waals surface area contributed by atoms with Crippen LogP contribution in [-0.4, -0.2) is 68.3 Å². The molecule has 1 aromatic rings. The van der Waals surface area contributed by atoms with Gasteiger partial charge in [-0.1, -0.05) is 13.8 Å². The highest BCUT2D eigenvalue weighted by Gasteiger charge is 2.23. The number of halogens is 1. The minimum absolute atomic E-state index is 0. The highest BCUT2D eigenvalue weighted by atomic mass is 127. The number of guanidine groups is 1. The van der Waals surface area contributed by atoms with Crippen LogP contribution in [0.25, 0.3) is 0 Å². The van der Waals surface area contributed by atoms with Crippen LogP contribution in [-0.2, 0) is 11.2 Å². The summed E-state index contributed by atoms with van der Waals surface area (Å²) >= 11 is 1.78. The van der Waals surface area contributed by atoms with Crippen molar-refractivity contribution in [1.29, 1.82) is 0 Å². The van der Waals surface area contributed by atoms with Crippen LogP contribution in [0.2, 0.25) is 0 Å². The molecule has 2 heterocycles. The van der Waals surface area contributed by atoms with E-state index in [1.807, 2.05) is 7.05 Å². The van der Waals surface area contributed by atoms with E-state index in [2.05, 4.69) is 53.2 Å². The normalized spacial score (nSPS) is 17.1. The smallest absolute Gasteiger partial charge is 0.191 e. The number of rotatable bonds is 7. The summed E-state index contributed by atoms with van der Waals surface area (Å²) in [4.78, 5) is 12.8. The van der Waals surface area contributed by atoms with Crippen molar-refractivity contribution in [3.05, 3.63) is 15.6 Å². The molecule has 0 radical (unpaired) electrons. The lowest BCUT2D eigenvalue weighted by Gasteiger charge is -2.37. The van der Waals surface area contributed by atoms with Crippen LogP contribution in [0.3, 0.4) is 0 Å². The number of ether oxygens (including phenoxy) is 1. The Labute approximate surface area is 179 Å². The maximum Gasteiger partial charge on any atom is 0.191 e. The predicted molar refractivity (Wildman–Crippen MR) is 121 cm³/mol. The Kier molecular flexibility index (Phi) is 11.0. The minimum atomic E-state index is 0. The summed E-state index contributed by atoms with van der Waals surface area (Å²) in [6, 6.07) is 0.492. The fourth-order valence-electron chi connectivity index (χ4n) is 3.05. The average molecular weight is 495 g/mol. The fourth-order valence-corrected chi connectivity index (χ4v) is 3.98. The molecule has 8 heteroatoms. The van der Waals surface area contributed by atoms with E-state index in [0.29, 0.717) is 12.0 Å². The van der Waals surface area contributed by atoms with Gasteiger partial charge in [-0.25, -0.2) is 4.98 Å². The average Bonchev–Trinajstić information content (AvgIpc) is 2.92. The minimum Gasteiger partial charge on any atom is -0.379 e. The third kappa shape index (κ3) is 7.28. The van der Waals surface area contributed by atoms with Crippen molar-refractivity contribution in [2.75, 3.05) is 46.4 Å². The highest BCUT2D eigenvalue weighted by molar-refractivity contribution is 14.0. The van der Waals surface area contributed by atoms with Crippen LogP contribution in [0, 0.1) is 19.8 Å². The van der Waals surface area contributed by atoms with Crippen molar-refractivity contribution in [2.24, 2.45) is 10.9 Å². The summed E-state index contributed by atoms with van der Waals surface area (Å²) in [6.07, 6.45) is 0.928. The molecule has 1 unspecified atom stereocenters. The Balaban J connectivity index is 0.00000338. The number of morpholine rings is 1. The Bertz CT molecular complexity index is 538. The molecule has 2 rings (SSSR count). The largest absolute Gasteiger partial charge is 0.379 e. The zero-order chi connectivity index (χ0) is 18.2. The zero-order valence-electron chi connectivity index (χ0n) is 16.7. The van der Waals surface area contributed by atoms with E-state index in [0.717, 1.165) is 57.5 Å². The molecule has 1 atom stereocenters. The SMILES string of the molecule is CN=C(NCCc1nc(C)c(C)s1)NCC(C(C)C)N1CCOCC1.I. The second-order valence-electron chi connectivity index (χ2n) is 6.84. The summed E-state index contributed by atoms with van der Waals surface area (Å²) in [5.74, 6) is 1.45. The number of hydrogen-bond donors (Lipinski definition) is 2. The lowest BCUT2D eigenvalue weighted by Crippen LogP contribution is -2.52. The maximum absolute atomic E-state index is 5.48. The van der Waals surface area contributed by atoms with Gasteiger partial charge in [0.15, 0.2) is 5.96 Å². The Morgan fingerprint density at radius 2 is 1.96 bits per heavy atom. The van der Waals surface area contributed by atoms with Gasteiger partial charge in [0.2, 0.25) is 0 Å². The number of nitrogens with zero attached hydrogens (tertiary/aromatic N) is 3. The van der Waals surface area contributed by atoms with Crippen molar-refractivity contribution < 1.29 is 4.74 Å². The summed E-state index contributed by atoms with van der Waals surface area (Å²) in [7, 11) is 1.83. The molecule has 150 valence electrons. The summed E-state index contributed by atoms with van der Waals surface area (Å²) in [5.41, 5.74) is 1.15. The third-order valence-corrected chi connectivity index (χ3v) is 5.82. The molecule has 1 saturated heterocycles. The molecule has 1 fully saturated rings. The third-order valence-electron chi connectivity index (χ3n) is 4.69. The van der Waals surface area contributed by atoms with E-state index in [1.165, 1.54) is 9.88 Å². The standard InChI is InChI=1S/C18H33N5OS.HI/c1-13(2)16(23-8-10-24-11-9-23)12-21-18(19-5)20-7-6-17-22-14(3)15(4)25-17;/h13,16H,6-12H2,1-5H3,(H2,19,20,21);1H. The second-order valence-corrected chi connectivity index (χ2v) is 8.13. The molecule has 6 nitrogen and oxygen atoms in total. The summed E-state index contributed by atoms with van der Waals surface area (Å²) < 4.78 is 5.48. The van der Waals surface area contributed by atoms with Gasteiger partial charge in [-0.05, 0) is 19.8 Å². The number of thiazole rings is 1. The van der Waals surface area contributed by atoms with Crippen LogP contribution in [0.4, 0.5) is 0 Å². The van der Waals surface area contributed by atoms with E-state index < -0.39 is 0 Å². The molecule has 1 aliphatic rings. The van der Waals surface area contributed by atoms with E-state index in [-0.39, 0.29) is 24.0 Å². The van der Waals surface area contributed by atoms with Crippen molar-refractivity contribution in [2.45, 2.75) is 40.2 Å². The topological polar surface area (TPSA) is 61.8 Å². The molecule has 1 aromatic heterocycles. The van der Waals surface area contributed by atoms with Crippen LogP contribution >= 0.6 is 35.3 Å². The quantitative estimate of drug-likeness (QED) is 0.346. The summed E-state index contributed by atoms with van der Waals surface area (Å²) in [5, 5.41) is 8.08. The lowest BCUT2D eigenvalue weighted by molar-refractivity contribution is 0.00752. The molecule has 0 aromatic carbocycles. The van der Waals surface area contributed by atoms with Crippen molar-refractivity contribution in [1.82, 2.24) is 20.5 Å². The monoisotopic (exact) mass is 495 g/mol. The van der Waals surface area contributed by atoms with Crippen molar-refractivity contribution in [3.63, 3.8) is 0 Å². The van der Waals surface area contributed by atoms with Crippen LogP contribution in [0.1, 0.15) is 29.4 Å². The zero-order valence-corrected chi connectivity index (χ0v) is 19.8. The van der Waals surface area contributed by atoms with Gasteiger partial charge in [0, 0.05) is 50.6 Å². The molecule has 0 aliphatic carbocycles. The fraction of sp³-hybridized carbons (Fsp3) is 0.778. The molecule has 0 amide bonds.